The van der Waals surface area contributed by atoms with Gasteiger partial charge in [0.15, 0.2) is 5.82 Å². The SMILES string of the molecule is Fc1ccccc1Cn1nc(C2=CCCC=N2)cc1-c1ncccn1. The Morgan fingerprint density at radius 2 is 1.88 bits per heavy atom. The molecule has 0 unspecified atom stereocenters. The second kappa shape index (κ2) is 6.76. The van der Waals surface area contributed by atoms with E-state index in [1.807, 2.05) is 18.3 Å². The lowest BCUT2D eigenvalue weighted by Gasteiger charge is -2.07. The molecule has 2 aromatic heterocycles. The number of benzene rings is 1. The molecule has 3 aromatic rings. The first-order chi connectivity index (χ1) is 12.3. The second-order valence-electron chi connectivity index (χ2n) is 5.71. The van der Waals surface area contributed by atoms with Crippen molar-refractivity contribution >= 4 is 11.9 Å². The zero-order chi connectivity index (χ0) is 17.1. The molecule has 0 spiro atoms. The third-order valence-corrected chi connectivity index (χ3v) is 3.98. The summed E-state index contributed by atoms with van der Waals surface area (Å²) in [5, 5.41) is 4.63. The van der Waals surface area contributed by atoms with Crippen LogP contribution in [0.15, 0.2) is 59.9 Å². The van der Waals surface area contributed by atoms with E-state index in [-0.39, 0.29) is 5.82 Å². The number of aromatic nitrogens is 4. The number of aliphatic imine (C=N–C) groups is 1. The third kappa shape index (κ3) is 3.24. The van der Waals surface area contributed by atoms with E-state index in [0.717, 1.165) is 29.9 Å². The Kier molecular flexibility index (Phi) is 4.16. The standard InChI is InChI=1S/C19H16FN5/c20-15-7-2-1-6-14(15)13-25-18(19-22-10-5-11-23-19)12-17(24-25)16-8-3-4-9-21-16/h1-2,5-12H,3-4,13H2. The summed E-state index contributed by atoms with van der Waals surface area (Å²) in [6, 6.07) is 10.4. The van der Waals surface area contributed by atoms with Crippen LogP contribution in [0.2, 0.25) is 0 Å². The number of halogens is 1. The van der Waals surface area contributed by atoms with Crippen LogP contribution in [0.5, 0.6) is 0 Å². The van der Waals surface area contributed by atoms with Crippen LogP contribution in [0.3, 0.4) is 0 Å². The minimum absolute atomic E-state index is 0.255. The molecule has 0 atom stereocenters. The summed E-state index contributed by atoms with van der Waals surface area (Å²) in [5.41, 5.74) is 2.88. The summed E-state index contributed by atoms with van der Waals surface area (Å²) < 4.78 is 15.8. The fourth-order valence-electron chi connectivity index (χ4n) is 2.74. The molecule has 5 nitrogen and oxygen atoms in total. The van der Waals surface area contributed by atoms with Crippen LogP contribution in [-0.2, 0) is 6.54 Å². The van der Waals surface area contributed by atoms with Crippen LogP contribution in [-0.4, -0.2) is 26.0 Å². The number of hydrogen-bond donors (Lipinski definition) is 0. The molecule has 0 radical (unpaired) electrons. The Balaban J connectivity index is 1.78. The average Bonchev–Trinajstić information content (AvgIpc) is 3.09. The Morgan fingerprint density at radius 1 is 1.04 bits per heavy atom. The molecule has 1 aliphatic rings. The molecule has 0 fully saturated rings. The summed E-state index contributed by atoms with van der Waals surface area (Å²) in [6.07, 6.45) is 9.19. The number of hydrogen-bond acceptors (Lipinski definition) is 4. The topological polar surface area (TPSA) is 56.0 Å². The van der Waals surface area contributed by atoms with Gasteiger partial charge in [-0.2, -0.15) is 5.10 Å². The van der Waals surface area contributed by atoms with Crippen LogP contribution >= 0.6 is 0 Å². The van der Waals surface area contributed by atoms with Gasteiger partial charge in [-0.25, -0.2) is 14.4 Å². The Morgan fingerprint density at radius 3 is 2.64 bits per heavy atom. The van der Waals surface area contributed by atoms with Crippen molar-refractivity contribution in [1.29, 1.82) is 0 Å². The van der Waals surface area contributed by atoms with Crippen molar-refractivity contribution in [2.75, 3.05) is 0 Å². The number of allylic oxidation sites excluding steroid dienone is 1. The van der Waals surface area contributed by atoms with Crippen LogP contribution in [0.4, 0.5) is 4.39 Å². The van der Waals surface area contributed by atoms with E-state index in [2.05, 4.69) is 26.1 Å². The lowest BCUT2D eigenvalue weighted by atomic mass is 10.2. The van der Waals surface area contributed by atoms with Crippen LogP contribution < -0.4 is 0 Å². The van der Waals surface area contributed by atoms with E-state index in [9.17, 15) is 4.39 Å². The summed E-state index contributed by atoms with van der Waals surface area (Å²) in [4.78, 5) is 13.0. The van der Waals surface area contributed by atoms with Crippen LogP contribution in [0.1, 0.15) is 24.1 Å². The van der Waals surface area contributed by atoms with Gasteiger partial charge in [0, 0.05) is 24.2 Å². The van der Waals surface area contributed by atoms with Crippen molar-refractivity contribution in [3.05, 3.63) is 71.9 Å². The predicted molar refractivity (Wildman–Crippen MR) is 94.5 cm³/mol. The summed E-state index contributed by atoms with van der Waals surface area (Å²) >= 11 is 0. The molecule has 6 heteroatoms. The molecule has 0 saturated heterocycles. The van der Waals surface area contributed by atoms with E-state index in [4.69, 9.17) is 0 Å². The molecule has 4 rings (SSSR count). The van der Waals surface area contributed by atoms with Crippen LogP contribution in [0.25, 0.3) is 17.2 Å². The quantitative estimate of drug-likeness (QED) is 0.731. The zero-order valence-electron chi connectivity index (χ0n) is 13.5. The number of rotatable bonds is 4. The largest absolute Gasteiger partial charge is 0.259 e. The summed E-state index contributed by atoms with van der Waals surface area (Å²) in [7, 11) is 0. The fourth-order valence-corrected chi connectivity index (χ4v) is 2.74. The van der Waals surface area contributed by atoms with E-state index in [0.29, 0.717) is 17.9 Å². The average molecular weight is 333 g/mol. The highest BCUT2D eigenvalue weighted by atomic mass is 19.1. The van der Waals surface area contributed by atoms with Gasteiger partial charge in [-0.1, -0.05) is 24.3 Å². The van der Waals surface area contributed by atoms with Gasteiger partial charge in [-0.15, -0.1) is 0 Å². The molecule has 0 N–H and O–H groups in total. The molecule has 124 valence electrons. The van der Waals surface area contributed by atoms with E-state index < -0.39 is 0 Å². The van der Waals surface area contributed by atoms with Crippen molar-refractivity contribution < 1.29 is 4.39 Å². The minimum Gasteiger partial charge on any atom is -0.259 e. The molecule has 1 aliphatic heterocycles. The molecule has 0 aliphatic carbocycles. The maximum atomic E-state index is 14.1. The van der Waals surface area contributed by atoms with Gasteiger partial charge in [-0.3, -0.25) is 9.67 Å². The van der Waals surface area contributed by atoms with Gasteiger partial charge in [-0.05, 0) is 31.0 Å². The van der Waals surface area contributed by atoms with Gasteiger partial charge in [0.1, 0.15) is 17.2 Å². The van der Waals surface area contributed by atoms with Crippen molar-refractivity contribution in [2.45, 2.75) is 19.4 Å². The molecule has 0 amide bonds. The highest BCUT2D eigenvalue weighted by molar-refractivity contribution is 5.76. The van der Waals surface area contributed by atoms with Gasteiger partial charge in [0.2, 0.25) is 0 Å². The highest BCUT2D eigenvalue weighted by Gasteiger charge is 2.16. The molecular weight excluding hydrogens is 317 g/mol. The minimum atomic E-state index is -0.255. The summed E-state index contributed by atoms with van der Waals surface area (Å²) in [5.74, 6) is 0.298. The third-order valence-electron chi connectivity index (χ3n) is 3.98. The Bertz CT molecular complexity index is 943. The molecule has 0 bridgehead atoms. The number of nitrogens with zero attached hydrogens (tertiary/aromatic N) is 5. The molecular formula is C19H16FN5. The zero-order valence-corrected chi connectivity index (χ0v) is 13.5. The molecule has 3 heterocycles. The highest BCUT2D eigenvalue weighted by Crippen LogP contribution is 2.25. The Labute approximate surface area is 144 Å². The first-order valence-corrected chi connectivity index (χ1v) is 8.13. The summed E-state index contributed by atoms with van der Waals surface area (Å²) in [6.45, 7) is 0.303. The van der Waals surface area contributed by atoms with E-state index >= 15 is 0 Å². The lowest BCUT2D eigenvalue weighted by molar-refractivity contribution is 0.586. The second-order valence-corrected chi connectivity index (χ2v) is 5.71. The van der Waals surface area contributed by atoms with Gasteiger partial charge in [0.25, 0.3) is 0 Å². The smallest absolute Gasteiger partial charge is 0.177 e. The van der Waals surface area contributed by atoms with Crippen molar-refractivity contribution in [2.24, 2.45) is 4.99 Å². The van der Waals surface area contributed by atoms with Gasteiger partial charge >= 0.3 is 0 Å². The maximum Gasteiger partial charge on any atom is 0.177 e. The monoisotopic (exact) mass is 333 g/mol. The van der Waals surface area contributed by atoms with Crippen molar-refractivity contribution in [3.8, 4) is 11.5 Å². The molecule has 1 aromatic carbocycles. The van der Waals surface area contributed by atoms with Gasteiger partial charge in [0.05, 0.1) is 12.2 Å². The Hall–Kier alpha value is -3.15. The van der Waals surface area contributed by atoms with Crippen LogP contribution in [0, 0.1) is 5.82 Å². The van der Waals surface area contributed by atoms with Gasteiger partial charge < -0.3 is 0 Å². The first-order valence-electron chi connectivity index (χ1n) is 8.13. The fraction of sp³-hybridized carbons (Fsp3) is 0.158. The van der Waals surface area contributed by atoms with Crippen molar-refractivity contribution in [3.63, 3.8) is 0 Å². The maximum absolute atomic E-state index is 14.1. The molecule has 25 heavy (non-hydrogen) atoms. The lowest BCUT2D eigenvalue weighted by Crippen LogP contribution is -2.07. The van der Waals surface area contributed by atoms with Crippen molar-refractivity contribution in [1.82, 2.24) is 19.7 Å². The molecule has 0 saturated carbocycles. The first kappa shape index (κ1) is 15.4. The van der Waals surface area contributed by atoms with E-state index in [1.165, 1.54) is 6.07 Å². The predicted octanol–water partition coefficient (Wildman–Crippen LogP) is 3.73. The van der Waals surface area contributed by atoms with E-state index in [1.54, 1.807) is 35.3 Å². The normalized spacial score (nSPS) is 13.7.